The number of carbonyl (C=O) groups excluding carboxylic acids is 2. The van der Waals surface area contributed by atoms with Crippen LogP contribution >= 0.6 is 25.3 Å². The molecule has 0 amide bonds. The van der Waals surface area contributed by atoms with Crippen molar-refractivity contribution >= 4 is 37.2 Å². The van der Waals surface area contributed by atoms with Crippen molar-refractivity contribution in [2.75, 3.05) is 0 Å². The van der Waals surface area contributed by atoms with Crippen molar-refractivity contribution < 1.29 is 14.3 Å². The van der Waals surface area contributed by atoms with Crippen LogP contribution in [0.4, 0.5) is 0 Å². The maximum atomic E-state index is 10.5. The predicted octanol–water partition coefficient (Wildman–Crippen LogP) is 0.0158. The van der Waals surface area contributed by atoms with Crippen LogP contribution in [0, 0.1) is 0 Å². The number of rotatable bonds is 0. The Morgan fingerprint density at radius 3 is 2.11 bits per heavy atom. The highest BCUT2D eigenvalue weighted by atomic mass is 32.2. The standard InChI is InChI=1S/C4H4O3S2/c5-2-1-4(8,9)3(6)7-2/h8-9H,1H2. The van der Waals surface area contributed by atoms with Gasteiger partial charge in [0.2, 0.25) is 0 Å². The van der Waals surface area contributed by atoms with Crippen molar-refractivity contribution in [2.45, 2.75) is 10.5 Å². The molecule has 0 aliphatic carbocycles. The molecule has 0 saturated carbocycles. The normalized spacial score (nSPS) is 24.2. The van der Waals surface area contributed by atoms with Crippen LogP contribution in [0.15, 0.2) is 0 Å². The van der Waals surface area contributed by atoms with Crippen LogP contribution < -0.4 is 0 Å². The van der Waals surface area contributed by atoms with E-state index in [4.69, 9.17) is 0 Å². The van der Waals surface area contributed by atoms with Crippen LogP contribution in [0.3, 0.4) is 0 Å². The molecule has 0 aromatic rings. The fourth-order valence-electron chi connectivity index (χ4n) is 0.495. The molecule has 3 nitrogen and oxygen atoms in total. The molecule has 0 bridgehead atoms. The highest BCUT2D eigenvalue weighted by Gasteiger charge is 2.43. The van der Waals surface area contributed by atoms with E-state index >= 15 is 0 Å². The third-order valence-corrected chi connectivity index (χ3v) is 1.61. The zero-order valence-corrected chi connectivity index (χ0v) is 6.12. The second-order valence-electron chi connectivity index (χ2n) is 1.75. The molecule has 0 radical (unpaired) electrons. The molecule has 0 atom stereocenters. The van der Waals surface area contributed by atoms with Gasteiger partial charge in [-0.3, -0.25) is 4.79 Å². The summed E-state index contributed by atoms with van der Waals surface area (Å²) in [7, 11) is 0. The lowest BCUT2D eigenvalue weighted by molar-refractivity contribution is -0.152. The monoisotopic (exact) mass is 164 g/mol. The second-order valence-corrected chi connectivity index (χ2v) is 3.63. The van der Waals surface area contributed by atoms with E-state index in [0.29, 0.717) is 0 Å². The van der Waals surface area contributed by atoms with Gasteiger partial charge in [-0.15, -0.1) is 25.3 Å². The minimum Gasteiger partial charge on any atom is -0.391 e. The summed E-state index contributed by atoms with van der Waals surface area (Å²) in [6.07, 6.45) is -0.0575. The Labute approximate surface area is 62.6 Å². The summed E-state index contributed by atoms with van der Waals surface area (Å²) in [4.78, 5) is 20.8. The molecule has 0 aromatic carbocycles. The van der Waals surface area contributed by atoms with E-state index in [1.54, 1.807) is 0 Å². The van der Waals surface area contributed by atoms with Crippen LogP contribution in [-0.2, 0) is 14.3 Å². The van der Waals surface area contributed by atoms with Gasteiger partial charge in [0, 0.05) is 0 Å². The first-order chi connectivity index (χ1) is 4.02. The zero-order chi connectivity index (χ0) is 7.07. The van der Waals surface area contributed by atoms with E-state index in [2.05, 4.69) is 30.0 Å². The molecule has 0 aromatic heterocycles. The minimum atomic E-state index is -1.20. The Hall–Kier alpha value is -0.160. The number of esters is 2. The first-order valence-electron chi connectivity index (χ1n) is 2.22. The van der Waals surface area contributed by atoms with Gasteiger partial charge in [-0.2, -0.15) is 0 Å². The largest absolute Gasteiger partial charge is 0.391 e. The molecule has 1 heterocycles. The van der Waals surface area contributed by atoms with E-state index in [1.807, 2.05) is 0 Å². The van der Waals surface area contributed by atoms with Crippen molar-refractivity contribution in [1.82, 2.24) is 0 Å². The Bertz CT molecular complexity index is 175. The average Bonchev–Trinajstić information content (AvgIpc) is 1.79. The first kappa shape index (κ1) is 6.95. The summed E-state index contributed by atoms with van der Waals surface area (Å²) in [5, 5.41) is 0. The summed E-state index contributed by atoms with van der Waals surface area (Å²) in [6.45, 7) is 0. The van der Waals surface area contributed by atoms with Gasteiger partial charge >= 0.3 is 11.9 Å². The molecule has 0 N–H and O–H groups in total. The van der Waals surface area contributed by atoms with Crippen molar-refractivity contribution in [3.63, 3.8) is 0 Å². The Kier molecular flexibility index (Phi) is 1.48. The van der Waals surface area contributed by atoms with Crippen molar-refractivity contribution in [3.8, 4) is 0 Å². The lowest BCUT2D eigenvalue weighted by Crippen LogP contribution is -2.18. The predicted molar refractivity (Wildman–Crippen MR) is 36.4 cm³/mol. The van der Waals surface area contributed by atoms with Gasteiger partial charge in [-0.05, 0) is 0 Å². The van der Waals surface area contributed by atoms with Crippen molar-refractivity contribution in [2.24, 2.45) is 0 Å². The maximum absolute atomic E-state index is 10.5. The molecular formula is C4H4O3S2. The molecule has 5 heteroatoms. The molecule has 1 saturated heterocycles. The highest BCUT2D eigenvalue weighted by molar-refractivity contribution is 8.02. The van der Waals surface area contributed by atoms with Crippen LogP contribution in [0.1, 0.15) is 6.42 Å². The van der Waals surface area contributed by atoms with Crippen LogP contribution in [-0.4, -0.2) is 16.0 Å². The molecule has 1 fully saturated rings. The molecule has 50 valence electrons. The third kappa shape index (κ3) is 1.21. The Morgan fingerprint density at radius 1 is 1.44 bits per heavy atom. The van der Waals surface area contributed by atoms with E-state index in [0.717, 1.165) is 0 Å². The Balaban J connectivity index is 2.81. The molecule has 0 spiro atoms. The second kappa shape index (κ2) is 1.91. The van der Waals surface area contributed by atoms with Crippen LogP contribution in [0.2, 0.25) is 0 Å². The molecule has 1 aliphatic heterocycles. The number of hydrogen-bond donors (Lipinski definition) is 2. The number of carbonyl (C=O) groups is 2. The molecule has 0 unspecified atom stereocenters. The fourth-order valence-corrected chi connectivity index (χ4v) is 0.844. The maximum Gasteiger partial charge on any atom is 0.340 e. The quantitative estimate of drug-likeness (QED) is 0.229. The van der Waals surface area contributed by atoms with E-state index in [1.165, 1.54) is 0 Å². The molecule has 9 heavy (non-hydrogen) atoms. The number of cyclic esters (lactones) is 2. The molecular weight excluding hydrogens is 160 g/mol. The number of ether oxygens (including phenoxy) is 1. The fraction of sp³-hybridized carbons (Fsp3) is 0.500. The summed E-state index contributed by atoms with van der Waals surface area (Å²) in [5.41, 5.74) is 0. The van der Waals surface area contributed by atoms with E-state index < -0.39 is 16.0 Å². The van der Waals surface area contributed by atoms with Gasteiger partial charge in [-0.25, -0.2) is 4.79 Å². The van der Waals surface area contributed by atoms with Gasteiger partial charge in [0.1, 0.15) is 0 Å². The van der Waals surface area contributed by atoms with Crippen molar-refractivity contribution in [3.05, 3.63) is 0 Å². The number of hydrogen-bond acceptors (Lipinski definition) is 5. The summed E-state index contributed by atoms with van der Waals surface area (Å²) < 4.78 is 2.95. The van der Waals surface area contributed by atoms with Crippen LogP contribution in [0.25, 0.3) is 0 Å². The smallest absolute Gasteiger partial charge is 0.340 e. The first-order valence-corrected chi connectivity index (χ1v) is 3.12. The van der Waals surface area contributed by atoms with Crippen molar-refractivity contribution in [1.29, 1.82) is 0 Å². The average molecular weight is 164 g/mol. The third-order valence-electron chi connectivity index (χ3n) is 0.924. The van der Waals surface area contributed by atoms with Gasteiger partial charge in [0.05, 0.1) is 6.42 Å². The highest BCUT2D eigenvalue weighted by Crippen LogP contribution is 2.31. The summed E-state index contributed by atoms with van der Waals surface area (Å²) >= 11 is 7.54. The van der Waals surface area contributed by atoms with Gasteiger partial charge < -0.3 is 4.74 Å². The SMILES string of the molecule is O=C1CC(S)(S)C(=O)O1. The summed E-state index contributed by atoms with van der Waals surface area (Å²) in [6, 6.07) is 0. The topological polar surface area (TPSA) is 43.4 Å². The zero-order valence-electron chi connectivity index (χ0n) is 4.33. The lowest BCUT2D eigenvalue weighted by Gasteiger charge is -2.04. The Morgan fingerprint density at radius 2 is 2.00 bits per heavy atom. The minimum absolute atomic E-state index is 0.0575. The van der Waals surface area contributed by atoms with Gasteiger partial charge in [0.15, 0.2) is 4.08 Å². The lowest BCUT2D eigenvalue weighted by atomic mass is 10.3. The summed E-state index contributed by atoms with van der Waals surface area (Å²) in [5.74, 6) is -1.25. The van der Waals surface area contributed by atoms with Gasteiger partial charge in [-0.1, -0.05) is 0 Å². The van der Waals surface area contributed by atoms with E-state index in [-0.39, 0.29) is 6.42 Å². The van der Waals surface area contributed by atoms with E-state index in [9.17, 15) is 9.59 Å². The van der Waals surface area contributed by atoms with Gasteiger partial charge in [0.25, 0.3) is 0 Å². The molecule has 1 rings (SSSR count). The number of thiol groups is 2. The van der Waals surface area contributed by atoms with Crippen LogP contribution in [0.5, 0.6) is 0 Å². The molecule has 1 aliphatic rings.